The maximum absolute atomic E-state index is 12.4. The van der Waals surface area contributed by atoms with Crippen LogP contribution in [0, 0.1) is 6.92 Å². The normalized spacial score (nSPS) is 13.5. The highest BCUT2D eigenvalue weighted by molar-refractivity contribution is 5.95. The Bertz CT molecular complexity index is 816. The average Bonchev–Trinajstić information content (AvgIpc) is 2.90. The molecule has 2 aromatic rings. The summed E-state index contributed by atoms with van der Waals surface area (Å²) in [7, 11) is 1.62. The Morgan fingerprint density at radius 1 is 1.33 bits per heavy atom. The highest BCUT2D eigenvalue weighted by Gasteiger charge is 2.21. The monoisotopic (exact) mass is 324 g/mol. The second-order valence-electron chi connectivity index (χ2n) is 5.77. The first kappa shape index (κ1) is 16.0. The fourth-order valence-corrected chi connectivity index (χ4v) is 2.71. The van der Waals surface area contributed by atoms with Gasteiger partial charge in [0.25, 0.3) is 5.91 Å². The number of aromatic nitrogens is 2. The number of aryl methyl sites for hydroxylation is 1. The minimum absolute atomic E-state index is 0.246. The third kappa shape index (κ3) is 3.22. The van der Waals surface area contributed by atoms with E-state index in [9.17, 15) is 4.79 Å². The van der Waals surface area contributed by atoms with Gasteiger partial charge in [-0.3, -0.25) is 4.79 Å². The van der Waals surface area contributed by atoms with Gasteiger partial charge in [-0.05, 0) is 56.2 Å². The van der Waals surface area contributed by atoms with Gasteiger partial charge in [-0.2, -0.15) is 5.10 Å². The third-order valence-corrected chi connectivity index (χ3v) is 3.99. The summed E-state index contributed by atoms with van der Waals surface area (Å²) >= 11 is 0. The van der Waals surface area contributed by atoms with E-state index in [1.165, 1.54) is 5.57 Å². The number of carbonyl (C=O) groups is 1. The van der Waals surface area contributed by atoms with Crippen LogP contribution >= 0.6 is 0 Å². The number of carbonyl (C=O) groups excluding carboxylic acids is 1. The van der Waals surface area contributed by atoms with Gasteiger partial charge in [0.05, 0.1) is 19.0 Å². The lowest BCUT2D eigenvalue weighted by Gasteiger charge is -2.14. The Morgan fingerprint density at radius 2 is 2.08 bits per heavy atom. The van der Waals surface area contributed by atoms with E-state index in [-0.39, 0.29) is 5.91 Å². The molecule has 0 radical (unpaired) electrons. The standard InChI is InChI=1S/C18H20N4O2/c1-12-8-9-22-16(10-12)20-13(2)17(22)18(23)21-19-11-14-4-6-15(24-3)7-5-14/h4-7,10-11H,8-9H2,1-3H3,(H,21,23)/b19-11+. The molecule has 0 saturated carbocycles. The molecule has 1 amide bonds. The molecule has 1 aliphatic rings. The molecule has 1 aromatic carbocycles. The number of imidazole rings is 1. The fraction of sp³-hybridized carbons (Fsp3) is 0.278. The molecular formula is C18H20N4O2. The van der Waals surface area contributed by atoms with Crippen LogP contribution in [0.25, 0.3) is 6.08 Å². The lowest BCUT2D eigenvalue weighted by molar-refractivity contribution is 0.0945. The molecule has 124 valence electrons. The van der Waals surface area contributed by atoms with E-state index in [1.807, 2.05) is 41.8 Å². The molecule has 1 aliphatic heterocycles. The minimum atomic E-state index is -0.246. The maximum Gasteiger partial charge on any atom is 0.289 e. The van der Waals surface area contributed by atoms with Crippen molar-refractivity contribution < 1.29 is 9.53 Å². The molecular weight excluding hydrogens is 304 g/mol. The van der Waals surface area contributed by atoms with Crippen molar-refractivity contribution in [3.8, 4) is 5.75 Å². The van der Waals surface area contributed by atoms with Crippen LogP contribution < -0.4 is 10.2 Å². The number of hydrazone groups is 1. The number of methoxy groups -OCH3 is 1. The molecule has 0 aliphatic carbocycles. The van der Waals surface area contributed by atoms with Gasteiger partial charge in [-0.1, -0.05) is 5.57 Å². The summed E-state index contributed by atoms with van der Waals surface area (Å²) in [5.74, 6) is 1.37. The molecule has 24 heavy (non-hydrogen) atoms. The number of ether oxygens (including phenoxy) is 1. The molecule has 0 unspecified atom stereocenters. The van der Waals surface area contributed by atoms with Gasteiger partial charge >= 0.3 is 0 Å². The number of amides is 1. The minimum Gasteiger partial charge on any atom is -0.497 e. The van der Waals surface area contributed by atoms with Crippen LogP contribution in [0.4, 0.5) is 0 Å². The van der Waals surface area contributed by atoms with Gasteiger partial charge < -0.3 is 9.30 Å². The third-order valence-electron chi connectivity index (χ3n) is 3.99. The van der Waals surface area contributed by atoms with Gasteiger partial charge in [0.1, 0.15) is 17.3 Å². The van der Waals surface area contributed by atoms with Crippen molar-refractivity contribution in [1.29, 1.82) is 0 Å². The first-order valence-corrected chi connectivity index (χ1v) is 7.80. The lowest BCUT2D eigenvalue weighted by Crippen LogP contribution is -2.23. The molecule has 6 heteroatoms. The molecule has 0 bridgehead atoms. The van der Waals surface area contributed by atoms with Gasteiger partial charge in [0, 0.05) is 6.54 Å². The predicted molar refractivity (Wildman–Crippen MR) is 93.3 cm³/mol. The number of nitrogens with zero attached hydrogens (tertiary/aromatic N) is 3. The van der Waals surface area contributed by atoms with Crippen LogP contribution in [-0.2, 0) is 6.54 Å². The molecule has 0 saturated heterocycles. The smallest absolute Gasteiger partial charge is 0.289 e. The summed E-state index contributed by atoms with van der Waals surface area (Å²) < 4.78 is 7.05. The highest BCUT2D eigenvalue weighted by Crippen LogP contribution is 2.21. The summed E-state index contributed by atoms with van der Waals surface area (Å²) in [5, 5.41) is 4.04. The molecule has 6 nitrogen and oxygen atoms in total. The van der Waals surface area contributed by atoms with E-state index < -0.39 is 0 Å². The second kappa shape index (κ2) is 6.70. The van der Waals surface area contributed by atoms with Crippen molar-refractivity contribution in [3.63, 3.8) is 0 Å². The van der Waals surface area contributed by atoms with Crippen molar-refractivity contribution in [3.05, 3.63) is 52.6 Å². The zero-order valence-electron chi connectivity index (χ0n) is 14.0. The Kier molecular flexibility index (Phi) is 4.46. The summed E-state index contributed by atoms with van der Waals surface area (Å²) in [6, 6.07) is 7.42. The van der Waals surface area contributed by atoms with E-state index in [0.29, 0.717) is 11.4 Å². The van der Waals surface area contributed by atoms with Gasteiger partial charge in [-0.25, -0.2) is 10.4 Å². The first-order valence-electron chi connectivity index (χ1n) is 7.80. The molecule has 2 heterocycles. The number of benzene rings is 1. The quantitative estimate of drug-likeness (QED) is 0.694. The Morgan fingerprint density at radius 3 is 2.79 bits per heavy atom. The molecule has 0 spiro atoms. The Balaban J connectivity index is 1.72. The number of nitrogens with one attached hydrogen (secondary N) is 1. The topological polar surface area (TPSA) is 68.5 Å². The van der Waals surface area contributed by atoms with Crippen molar-refractivity contribution in [2.45, 2.75) is 26.8 Å². The predicted octanol–water partition coefficient (Wildman–Crippen LogP) is 2.77. The Labute approximate surface area is 140 Å². The van der Waals surface area contributed by atoms with Crippen LogP contribution in [0.5, 0.6) is 5.75 Å². The summed E-state index contributed by atoms with van der Waals surface area (Å²) in [4.78, 5) is 16.9. The second-order valence-corrected chi connectivity index (χ2v) is 5.77. The number of allylic oxidation sites excluding steroid dienone is 1. The number of rotatable bonds is 4. The van der Waals surface area contributed by atoms with Gasteiger partial charge in [0.2, 0.25) is 0 Å². The molecule has 3 rings (SSSR count). The lowest BCUT2D eigenvalue weighted by atomic mass is 10.1. The summed E-state index contributed by atoms with van der Waals surface area (Å²) in [6.07, 6.45) is 4.55. The average molecular weight is 324 g/mol. The maximum atomic E-state index is 12.4. The SMILES string of the molecule is COc1ccc(/C=N/NC(=O)c2c(C)nc3n2CCC(C)=C3)cc1. The number of hydrogen-bond acceptors (Lipinski definition) is 4. The zero-order chi connectivity index (χ0) is 17.1. The Hall–Kier alpha value is -2.89. The molecule has 0 atom stereocenters. The fourth-order valence-electron chi connectivity index (χ4n) is 2.71. The van der Waals surface area contributed by atoms with E-state index in [2.05, 4.69) is 22.4 Å². The van der Waals surface area contributed by atoms with Crippen LogP contribution in [0.2, 0.25) is 0 Å². The molecule has 0 fully saturated rings. The van der Waals surface area contributed by atoms with Crippen LogP contribution in [-0.4, -0.2) is 28.8 Å². The van der Waals surface area contributed by atoms with E-state index in [0.717, 1.165) is 30.1 Å². The highest BCUT2D eigenvalue weighted by atomic mass is 16.5. The van der Waals surface area contributed by atoms with Crippen LogP contribution in [0.1, 0.15) is 40.9 Å². The summed E-state index contributed by atoms with van der Waals surface area (Å²) in [6.45, 7) is 4.69. The number of hydrogen-bond donors (Lipinski definition) is 1. The van der Waals surface area contributed by atoms with Gasteiger partial charge in [-0.15, -0.1) is 0 Å². The van der Waals surface area contributed by atoms with Crippen LogP contribution in [0.15, 0.2) is 34.9 Å². The van der Waals surface area contributed by atoms with Crippen molar-refractivity contribution in [2.24, 2.45) is 5.10 Å². The van der Waals surface area contributed by atoms with Gasteiger partial charge in [0.15, 0.2) is 0 Å². The van der Waals surface area contributed by atoms with Crippen molar-refractivity contribution in [1.82, 2.24) is 15.0 Å². The zero-order valence-corrected chi connectivity index (χ0v) is 14.0. The van der Waals surface area contributed by atoms with Crippen molar-refractivity contribution >= 4 is 18.2 Å². The van der Waals surface area contributed by atoms with Crippen molar-refractivity contribution in [2.75, 3.05) is 7.11 Å². The van der Waals surface area contributed by atoms with E-state index >= 15 is 0 Å². The molecule has 1 N–H and O–H groups in total. The number of fused-ring (bicyclic) bond motifs is 1. The van der Waals surface area contributed by atoms with E-state index in [4.69, 9.17) is 4.74 Å². The van der Waals surface area contributed by atoms with Crippen LogP contribution in [0.3, 0.4) is 0 Å². The van der Waals surface area contributed by atoms with E-state index in [1.54, 1.807) is 13.3 Å². The summed E-state index contributed by atoms with van der Waals surface area (Å²) in [5.41, 5.74) is 6.02. The largest absolute Gasteiger partial charge is 0.497 e. The first-order chi connectivity index (χ1) is 11.6. The molecule has 1 aromatic heterocycles.